The first-order chi connectivity index (χ1) is 11.1. The summed E-state index contributed by atoms with van der Waals surface area (Å²) in [5, 5.41) is 5.25. The third kappa shape index (κ3) is 3.18. The predicted octanol–water partition coefficient (Wildman–Crippen LogP) is 1.07. The second kappa shape index (κ2) is 6.27. The molecule has 0 atom stereocenters. The van der Waals surface area contributed by atoms with Crippen molar-refractivity contribution in [2.45, 2.75) is 6.54 Å². The minimum atomic E-state index is -0.423. The Morgan fingerprint density at radius 1 is 1.22 bits per heavy atom. The van der Waals surface area contributed by atoms with Crippen molar-refractivity contribution in [2.24, 2.45) is 0 Å². The molecule has 2 aromatic rings. The van der Waals surface area contributed by atoms with Gasteiger partial charge in [0.05, 0.1) is 17.8 Å². The fourth-order valence-electron chi connectivity index (χ4n) is 2.23. The van der Waals surface area contributed by atoms with Crippen LogP contribution in [0.15, 0.2) is 48.8 Å². The van der Waals surface area contributed by atoms with Crippen molar-refractivity contribution in [2.75, 3.05) is 11.4 Å². The van der Waals surface area contributed by atoms with Gasteiger partial charge >= 0.3 is 6.03 Å². The summed E-state index contributed by atoms with van der Waals surface area (Å²) in [4.78, 5) is 40.1. The average Bonchev–Trinajstić information content (AvgIpc) is 2.93. The van der Waals surface area contributed by atoms with Crippen LogP contribution in [0.5, 0.6) is 0 Å². The minimum Gasteiger partial charge on any atom is -0.348 e. The topological polar surface area (TPSA) is 91.4 Å². The summed E-state index contributed by atoms with van der Waals surface area (Å²) in [5.74, 6) is -0.496. The van der Waals surface area contributed by atoms with E-state index in [1.54, 1.807) is 42.6 Å². The van der Waals surface area contributed by atoms with E-state index in [9.17, 15) is 14.4 Å². The maximum atomic E-state index is 11.9. The summed E-state index contributed by atoms with van der Waals surface area (Å²) in [7, 11) is 0. The number of hydrogen-bond donors (Lipinski definition) is 2. The molecule has 1 fully saturated rings. The molecule has 0 radical (unpaired) electrons. The standard InChI is InChI=1S/C16H14N4O3/c21-14-10-19-16(23)20(14)13-5-3-11(4-6-13)8-18-15(22)12-2-1-7-17-9-12/h1-7,9H,8,10H2,(H,18,22)(H,19,23). The molecular weight excluding hydrogens is 296 g/mol. The molecule has 0 unspecified atom stereocenters. The summed E-state index contributed by atoms with van der Waals surface area (Å²) in [6, 6.07) is 9.83. The number of hydrogen-bond acceptors (Lipinski definition) is 4. The molecule has 0 spiro atoms. The van der Waals surface area contributed by atoms with Crippen molar-refractivity contribution in [1.82, 2.24) is 15.6 Å². The molecule has 4 amide bonds. The number of carbonyl (C=O) groups is 3. The molecule has 0 bridgehead atoms. The Morgan fingerprint density at radius 2 is 2.00 bits per heavy atom. The van der Waals surface area contributed by atoms with E-state index < -0.39 is 6.03 Å². The highest BCUT2D eigenvalue weighted by Crippen LogP contribution is 2.18. The molecule has 3 rings (SSSR count). The van der Waals surface area contributed by atoms with E-state index in [-0.39, 0.29) is 18.4 Å². The molecule has 116 valence electrons. The minimum absolute atomic E-state index is 0.0156. The first kappa shape index (κ1) is 14.7. The van der Waals surface area contributed by atoms with Crippen LogP contribution < -0.4 is 15.5 Å². The summed E-state index contributed by atoms with van der Waals surface area (Å²) in [5.41, 5.74) is 1.86. The molecule has 1 aromatic heterocycles. The average molecular weight is 310 g/mol. The van der Waals surface area contributed by atoms with Gasteiger partial charge in [0.25, 0.3) is 11.8 Å². The molecule has 1 aliphatic rings. The number of benzene rings is 1. The molecule has 23 heavy (non-hydrogen) atoms. The van der Waals surface area contributed by atoms with E-state index in [1.165, 1.54) is 6.20 Å². The number of carbonyl (C=O) groups excluding carboxylic acids is 3. The van der Waals surface area contributed by atoms with Gasteiger partial charge < -0.3 is 10.6 Å². The Balaban J connectivity index is 1.63. The number of rotatable bonds is 4. The third-order valence-electron chi connectivity index (χ3n) is 3.41. The van der Waals surface area contributed by atoms with Crippen molar-refractivity contribution in [3.63, 3.8) is 0 Å². The zero-order valence-corrected chi connectivity index (χ0v) is 12.2. The van der Waals surface area contributed by atoms with Gasteiger partial charge in [-0.2, -0.15) is 0 Å². The molecule has 1 saturated heterocycles. The highest BCUT2D eigenvalue weighted by Gasteiger charge is 2.29. The molecule has 0 saturated carbocycles. The second-order valence-corrected chi connectivity index (χ2v) is 4.98. The highest BCUT2D eigenvalue weighted by molar-refractivity contribution is 6.19. The molecular formula is C16H14N4O3. The number of nitrogens with one attached hydrogen (secondary N) is 2. The summed E-state index contributed by atoms with van der Waals surface area (Å²) in [6.45, 7) is 0.357. The maximum Gasteiger partial charge on any atom is 0.329 e. The summed E-state index contributed by atoms with van der Waals surface area (Å²) in [6.07, 6.45) is 3.10. The molecule has 0 aliphatic carbocycles. The number of imide groups is 1. The van der Waals surface area contributed by atoms with Gasteiger partial charge in [-0.3, -0.25) is 14.6 Å². The maximum absolute atomic E-state index is 11.9. The van der Waals surface area contributed by atoms with Crippen LogP contribution in [0, 0.1) is 0 Å². The Morgan fingerprint density at radius 3 is 2.61 bits per heavy atom. The van der Waals surface area contributed by atoms with E-state index >= 15 is 0 Å². The van der Waals surface area contributed by atoms with Crippen LogP contribution in [0.1, 0.15) is 15.9 Å². The van der Waals surface area contributed by atoms with Crippen molar-refractivity contribution < 1.29 is 14.4 Å². The number of pyridine rings is 1. The largest absolute Gasteiger partial charge is 0.348 e. The van der Waals surface area contributed by atoms with Crippen LogP contribution in [-0.4, -0.2) is 29.4 Å². The Labute approximate surface area is 132 Å². The predicted molar refractivity (Wildman–Crippen MR) is 82.7 cm³/mol. The molecule has 2 N–H and O–H groups in total. The molecule has 7 nitrogen and oxygen atoms in total. The Bertz CT molecular complexity index is 728. The van der Waals surface area contributed by atoms with Crippen LogP contribution in [0.3, 0.4) is 0 Å². The third-order valence-corrected chi connectivity index (χ3v) is 3.41. The van der Waals surface area contributed by atoms with Gasteiger partial charge in [-0.05, 0) is 29.8 Å². The van der Waals surface area contributed by atoms with Gasteiger partial charge in [0, 0.05) is 18.9 Å². The van der Waals surface area contributed by atoms with E-state index in [0.29, 0.717) is 17.8 Å². The lowest BCUT2D eigenvalue weighted by Gasteiger charge is -2.13. The summed E-state index contributed by atoms with van der Waals surface area (Å²) < 4.78 is 0. The van der Waals surface area contributed by atoms with E-state index in [4.69, 9.17) is 0 Å². The number of amides is 4. The normalized spacial score (nSPS) is 13.8. The lowest BCUT2D eigenvalue weighted by Crippen LogP contribution is -2.30. The quantitative estimate of drug-likeness (QED) is 0.826. The first-order valence-electron chi connectivity index (χ1n) is 7.03. The van der Waals surface area contributed by atoms with Gasteiger partial charge in [-0.1, -0.05) is 12.1 Å². The Kier molecular flexibility index (Phi) is 4.01. The monoisotopic (exact) mass is 310 g/mol. The van der Waals surface area contributed by atoms with E-state index in [1.807, 2.05) is 0 Å². The van der Waals surface area contributed by atoms with Crippen LogP contribution >= 0.6 is 0 Å². The fourth-order valence-corrected chi connectivity index (χ4v) is 2.23. The fraction of sp³-hybridized carbons (Fsp3) is 0.125. The lowest BCUT2D eigenvalue weighted by molar-refractivity contribution is -0.115. The van der Waals surface area contributed by atoms with Gasteiger partial charge in [0.15, 0.2) is 0 Å². The molecule has 1 aromatic carbocycles. The lowest BCUT2D eigenvalue weighted by atomic mass is 10.2. The number of urea groups is 1. The number of nitrogens with zero attached hydrogens (tertiary/aromatic N) is 2. The van der Waals surface area contributed by atoms with Crippen molar-refractivity contribution in [1.29, 1.82) is 0 Å². The van der Waals surface area contributed by atoms with Crippen molar-refractivity contribution in [3.8, 4) is 0 Å². The van der Waals surface area contributed by atoms with Crippen LogP contribution in [0.4, 0.5) is 10.5 Å². The van der Waals surface area contributed by atoms with Gasteiger partial charge in [-0.25, -0.2) is 9.69 Å². The number of aromatic nitrogens is 1. The zero-order valence-electron chi connectivity index (χ0n) is 12.2. The van der Waals surface area contributed by atoms with Crippen molar-refractivity contribution in [3.05, 3.63) is 59.9 Å². The van der Waals surface area contributed by atoms with Crippen LogP contribution in [-0.2, 0) is 11.3 Å². The molecule has 7 heteroatoms. The van der Waals surface area contributed by atoms with Gasteiger partial charge in [0.1, 0.15) is 0 Å². The van der Waals surface area contributed by atoms with E-state index in [0.717, 1.165) is 10.5 Å². The second-order valence-electron chi connectivity index (χ2n) is 4.98. The van der Waals surface area contributed by atoms with E-state index in [2.05, 4.69) is 15.6 Å². The summed E-state index contributed by atoms with van der Waals surface area (Å²) >= 11 is 0. The Hall–Kier alpha value is -3.22. The zero-order chi connectivity index (χ0) is 16.2. The van der Waals surface area contributed by atoms with Gasteiger partial charge in [0.2, 0.25) is 0 Å². The van der Waals surface area contributed by atoms with Crippen LogP contribution in [0.2, 0.25) is 0 Å². The smallest absolute Gasteiger partial charge is 0.329 e. The first-order valence-corrected chi connectivity index (χ1v) is 7.03. The molecule has 1 aliphatic heterocycles. The molecule has 2 heterocycles. The van der Waals surface area contributed by atoms with Crippen LogP contribution in [0.25, 0.3) is 0 Å². The number of anilines is 1. The van der Waals surface area contributed by atoms with Gasteiger partial charge in [-0.15, -0.1) is 0 Å². The highest BCUT2D eigenvalue weighted by atomic mass is 16.2. The van der Waals surface area contributed by atoms with Crippen molar-refractivity contribution >= 4 is 23.5 Å². The SMILES string of the molecule is O=C(NCc1ccc(N2C(=O)CNC2=O)cc1)c1cccnc1.